The zero-order valence-corrected chi connectivity index (χ0v) is 20.2. The lowest BCUT2D eigenvalue weighted by molar-refractivity contribution is 0.597. The molecule has 21 heavy (non-hydrogen) atoms. The smallest absolute Gasteiger partial charge is 0.0207 e. The van der Waals surface area contributed by atoms with Crippen molar-refractivity contribution in [1.82, 2.24) is 0 Å². The van der Waals surface area contributed by atoms with Gasteiger partial charge in [0.05, 0.1) is 0 Å². The van der Waals surface area contributed by atoms with Crippen LogP contribution < -0.4 is 0 Å². The Kier molecular flexibility index (Phi) is 19.3. The first-order chi connectivity index (χ1) is 10.3. The van der Waals surface area contributed by atoms with Crippen LogP contribution in [0.25, 0.3) is 0 Å². The van der Waals surface area contributed by atoms with E-state index in [2.05, 4.69) is 13.8 Å². The van der Waals surface area contributed by atoms with Crippen LogP contribution in [0.1, 0.15) is 104 Å². The molecular weight excluding hydrogens is 300 g/mol. The molecule has 0 aromatic heterocycles. The van der Waals surface area contributed by atoms with E-state index < -0.39 is 0 Å². The van der Waals surface area contributed by atoms with Crippen molar-refractivity contribution in [3.63, 3.8) is 0 Å². The highest BCUT2D eigenvalue weighted by Gasteiger charge is 2.07. The van der Waals surface area contributed by atoms with Gasteiger partial charge < -0.3 is 0 Å². The molecule has 0 aliphatic rings. The lowest BCUT2D eigenvalue weighted by Gasteiger charge is -2.12. The zero-order chi connectivity index (χ0) is 15.6. The van der Waals surface area contributed by atoms with E-state index in [1.165, 1.54) is 64.2 Å². The summed E-state index contributed by atoms with van der Waals surface area (Å²) in [4.78, 5) is 0. The second kappa shape index (κ2) is 18.7. The second-order valence-corrected chi connectivity index (χ2v) is 24.1. The van der Waals surface area contributed by atoms with Gasteiger partial charge in [0.2, 0.25) is 0 Å². The van der Waals surface area contributed by atoms with Gasteiger partial charge in [-0.1, -0.05) is 116 Å². The first-order valence-electron chi connectivity index (χ1n) is 10.3. The molecule has 0 atom stereocenters. The molecule has 0 amide bonds. The summed E-state index contributed by atoms with van der Waals surface area (Å²) in [5.41, 5.74) is 0. The monoisotopic (exact) mass is 344 g/mol. The molecule has 0 saturated heterocycles. The molecule has 3 heteroatoms. The van der Waals surface area contributed by atoms with Crippen molar-refractivity contribution in [1.29, 1.82) is 0 Å². The molecule has 0 aromatic carbocycles. The van der Waals surface area contributed by atoms with E-state index in [9.17, 15) is 0 Å². The Labute approximate surface area is 142 Å². The third-order valence-electron chi connectivity index (χ3n) is 5.01. The molecule has 128 valence electrons. The molecule has 0 spiro atoms. The molecule has 0 nitrogen and oxygen atoms in total. The molecule has 0 aliphatic heterocycles. The van der Waals surface area contributed by atoms with Gasteiger partial charge >= 0.3 is 0 Å². The van der Waals surface area contributed by atoms with E-state index in [-0.39, 0.29) is 8.31 Å². The maximum Gasteiger partial charge on any atom is 0.0207 e. The fourth-order valence-electron chi connectivity index (χ4n) is 3.33. The van der Waals surface area contributed by atoms with Crippen LogP contribution in [0, 0.1) is 0 Å². The third kappa shape index (κ3) is 16.8. The van der Waals surface area contributed by atoms with Crippen LogP contribution in [0.15, 0.2) is 0 Å². The van der Waals surface area contributed by atoms with E-state index in [0.717, 1.165) is 0 Å². The molecule has 0 saturated carbocycles. The summed E-state index contributed by atoms with van der Waals surface area (Å²) in [6, 6.07) is 3.47. The average molecular weight is 345 g/mol. The Bertz CT molecular complexity index is 167. The fourth-order valence-corrected chi connectivity index (χ4v) is 17.7. The summed E-state index contributed by atoms with van der Waals surface area (Å²) < 4.78 is 0. The lowest BCUT2D eigenvalue weighted by atomic mass is 10.1. The maximum atomic E-state index is 2.32. The van der Waals surface area contributed by atoms with Gasteiger partial charge in [-0.3, -0.25) is 0 Å². The van der Waals surface area contributed by atoms with E-state index in [1.54, 1.807) is 47.5 Å². The van der Waals surface area contributed by atoms with Crippen molar-refractivity contribution in [3.8, 4) is 0 Å². The standard InChI is InChI=1S/C18H44Si3/c1-3-5-7-9-11-13-15-17-21(20-19)18-16-14-12-10-8-6-4-2/h21H,3-18,20H2,1-2,19H3. The van der Waals surface area contributed by atoms with E-state index >= 15 is 0 Å². The van der Waals surface area contributed by atoms with Gasteiger partial charge in [0.1, 0.15) is 0 Å². The minimum Gasteiger partial charge on any atom is -0.0654 e. The van der Waals surface area contributed by atoms with Crippen molar-refractivity contribution >= 4 is 26.6 Å². The highest BCUT2D eigenvalue weighted by atomic mass is 29.5. The van der Waals surface area contributed by atoms with Crippen molar-refractivity contribution in [2.24, 2.45) is 0 Å². The van der Waals surface area contributed by atoms with Gasteiger partial charge in [-0.15, -0.1) is 0 Å². The van der Waals surface area contributed by atoms with E-state index in [4.69, 9.17) is 0 Å². The highest BCUT2D eigenvalue weighted by molar-refractivity contribution is 7.31. The molecule has 0 heterocycles. The zero-order valence-electron chi connectivity index (χ0n) is 15.6. The SMILES string of the molecule is CCCCCCCCC[SiH](CCCCCCCCC)[SiH2][SiH3]. The van der Waals surface area contributed by atoms with Crippen LogP contribution in [0.4, 0.5) is 0 Å². The number of unbranched alkanes of at least 4 members (excludes halogenated alkanes) is 12. The summed E-state index contributed by atoms with van der Waals surface area (Å²) in [6.07, 6.45) is 21.1. The van der Waals surface area contributed by atoms with Crippen LogP contribution in [0.2, 0.25) is 12.1 Å². The van der Waals surface area contributed by atoms with E-state index in [0.29, 0.717) is 8.55 Å². The Hall–Kier alpha value is 0.651. The summed E-state index contributed by atoms with van der Waals surface area (Å²) in [5, 5.41) is 0. The normalized spacial score (nSPS) is 12.1. The third-order valence-corrected chi connectivity index (χ3v) is 24.9. The molecule has 0 rings (SSSR count). The molecule has 0 N–H and O–H groups in total. The maximum absolute atomic E-state index is 2.32. The van der Waals surface area contributed by atoms with Crippen LogP contribution in [0.5, 0.6) is 0 Å². The van der Waals surface area contributed by atoms with Gasteiger partial charge in [-0.05, 0) is 18.3 Å². The number of hydrogen-bond acceptors (Lipinski definition) is 0. The molecule has 0 bridgehead atoms. The Morgan fingerprint density at radius 3 is 1.24 bits per heavy atom. The van der Waals surface area contributed by atoms with Crippen LogP contribution >= 0.6 is 0 Å². The predicted octanol–water partition coefficient (Wildman–Crippen LogP) is 4.66. The van der Waals surface area contributed by atoms with Gasteiger partial charge in [0.15, 0.2) is 0 Å². The van der Waals surface area contributed by atoms with Crippen molar-refractivity contribution < 1.29 is 0 Å². The van der Waals surface area contributed by atoms with Crippen molar-refractivity contribution in [2.75, 3.05) is 0 Å². The van der Waals surface area contributed by atoms with Gasteiger partial charge in [-0.25, -0.2) is 0 Å². The molecule has 0 fully saturated rings. The van der Waals surface area contributed by atoms with Crippen LogP contribution in [-0.4, -0.2) is 26.6 Å². The van der Waals surface area contributed by atoms with Crippen molar-refractivity contribution in [3.05, 3.63) is 0 Å². The number of hydrogen-bond donors (Lipinski definition) is 0. The first kappa shape index (κ1) is 21.7. The molecule has 0 unspecified atom stereocenters. The van der Waals surface area contributed by atoms with E-state index in [1.807, 2.05) is 0 Å². The summed E-state index contributed by atoms with van der Waals surface area (Å²) in [7, 11) is 1.98. The van der Waals surface area contributed by atoms with Gasteiger partial charge in [0.25, 0.3) is 0 Å². The fraction of sp³-hybridized carbons (Fsp3) is 1.00. The van der Waals surface area contributed by atoms with Gasteiger partial charge in [0, 0.05) is 8.31 Å². The molecule has 0 radical (unpaired) electrons. The Morgan fingerprint density at radius 1 is 0.571 bits per heavy atom. The Balaban J connectivity index is 3.29. The largest absolute Gasteiger partial charge is 0.0654 e. The summed E-state index contributed by atoms with van der Waals surface area (Å²) >= 11 is 0. The minimum absolute atomic E-state index is 0.142. The van der Waals surface area contributed by atoms with Gasteiger partial charge in [-0.2, -0.15) is 0 Å². The van der Waals surface area contributed by atoms with Crippen LogP contribution in [0.3, 0.4) is 0 Å². The second-order valence-electron chi connectivity index (χ2n) is 7.09. The lowest BCUT2D eigenvalue weighted by Crippen LogP contribution is -2.22. The summed E-state index contributed by atoms with van der Waals surface area (Å²) in [5.74, 6) is 0. The number of rotatable bonds is 17. The highest BCUT2D eigenvalue weighted by Crippen LogP contribution is 2.14. The molecular formula is C18H44Si3. The molecule has 0 aromatic rings. The quantitative estimate of drug-likeness (QED) is 0.266. The topological polar surface area (TPSA) is 0 Å². The minimum atomic E-state index is -0.142. The van der Waals surface area contributed by atoms with Crippen LogP contribution in [-0.2, 0) is 0 Å². The average Bonchev–Trinajstić information content (AvgIpc) is 2.51. The predicted molar refractivity (Wildman–Crippen MR) is 111 cm³/mol. The first-order valence-corrected chi connectivity index (χ1v) is 20.9. The van der Waals surface area contributed by atoms with Crippen molar-refractivity contribution in [2.45, 2.75) is 116 Å². The summed E-state index contributed by atoms with van der Waals surface area (Å²) in [6.45, 7) is 4.63. The Morgan fingerprint density at radius 2 is 0.905 bits per heavy atom. The molecule has 0 aliphatic carbocycles.